The van der Waals surface area contributed by atoms with Crippen molar-refractivity contribution in [3.63, 3.8) is 0 Å². The first-order chi connectivity index (χ1) is 3.43. The van der Waals surface area contributed by atoms with Crippen molar-refractivity contribution in [3.05, 3.63) is 0 Å². The Morgan fingerprint density at radius 2 is 2.57 bits per heavy atom. The molecule has 0 aromatic heterocycles. The van der Waals surface area contributed by atoms with Crippen LogP contribution in [0.3, 0.4) is 0 Å². The van der Waals surface area contributed by atoms with Crippen LogP contribution in [-0.2, 0) is 0 Å². The van der Waals surface area contributed by atoms with Gasteiger partial charge in [0.15, 0.2) is 0 Å². The van der Waals surface area contributed by atoms with Gasteiger partial charge in [0.25, 0.3) is 0 Å². The topological polar surface area (TPSA) is 35.9 Å². The van der Waals surface area contributed by atoms with Crippen molar-refractivity contribution >= 4 is 6.21 Å². The van der Waals surface area contributed by atoms with E-state index in [1.807, 2.05) is 0 Å². The average molecular weight is 98.1 g/mol. The summed E-state index contributed by atoms with van der Waals surface area (Å²) >= 11 is 0. The molecule has 0 aliphatic carbocycles. The third-order valence-electron chi connectivity index (χ3n) is 1.30. The zero-order chi connectivity index (χ0) is 5.11. The van der Waals surface area contributed by atoms with E-state index in [2.05, 4.69) is 5.32 Å². The Labute approximate surface area is 43.4 Å². The molecule has 2 N–H and O–H groups in total. The van der Waals surface area contributed by atoms with Gasteiger partial charge in [-0.3, -0.25) is 0 Å². The van der Waals surface area contributed by atoms with Gasteiger partial charge in [-0.25, -0.2) is 0 Å². The second-order valence-electron chi connectivity index (χ2n) is 1.87. The zero-order valence-corrected chi connectivity index (χ0v) is 4.28. The van der Waals surface area contributed by atoms with Crippen molar-refractivity contribution in [2.45, 2.75) is 18.9 Å². The van der Waals surface area contributed by atoms with Crippen LogP contribution in [0.15, 0.2) is 0 Å². The Bertz CT molecular complexity index is 64.5. The van der Waals surface area contributed by atoms with Crippen LogP contribution in [0.25, 0.3) is 0 Å². The maximum atomic E-state index is 6.81. The van der Waals surface area contributed by atoms with Gasteiger partial charge in [0.05, 0.1) is 0 Å². The van der Waals surface area contributed by atoms with Crippen molar-refractivity contribution in [2.24, 2.45) is 0 Å². The third kappa shape index (κ3) is 0.996. The van der Waals surface area contributed by atoms with E-state index in [1.54, 1.807) is 0 Å². The quantitative estimate of drug-likeness (QED) is 0.457. The molecule has 1 fully saturated rings. The van der Waals surface area contributed by atoms with Gasteiger partial charge >= 0.3 is 0 Å². The van der Waals surface area contributed by atoms with Crippen LogP contribution >= 0.6 is 0 Å². The number of hydrogen-bond acceptors (Lipinski definition) is 2. The Hall–Kier alpha value is -0.370. The minimum Gasteiger partial charge on any atom is -0.311 e. The maximum Gasteiger partial charge on any atom is 0.0417 e. The molecule has 1 saturated heterocycles. The molecule has 0 aromatic carbocycles. The lowest BCUT2D eigenvalue weighted by Gasteiger charge is -1.96. The van der Waals surface area contributed by atoms with Gasteiger partial charge < -0.3 is 10.7 Å². The average Bonchev–Trinajstić information content (AvgIpc) is 2.14. The minimum absolute atomic E-state index is 0.389. The van der Waals surface area contributed by atoms with E-state index < -0.39 is 0 Å². The highest BCUT2D eigenvalue weighted by Gasteiger charge is 2.08. The fourth-order valence-electron chi connectivity index (χ4n) is 0.854. The van der Waals surface area contributed by atoms with Gasteiger partial charge in [-0.1, -0.05) is 0 Å². The predicted octanol–water partition coefficient (Wildman–Crippen LogP) is 0.388. The summed E-state index contributed by atoms with van der Waals surface area (Å²) in [6.45, 7) is 1.10. The molecule has 0 saturated carbocycles. The van der Waals surface area contributed by atoms with Crippen LogP contribution in [0.5, 0.6) is 0 Å². The molecule has 1 aliphatic rings. The van der Waals surface area contributed by atoms with E-state index >= 15 is 0 Å². The summed E-state index contributed by atoms with van der Waals surface area (Å²) < 4.78 is 0. The summed E-state index contributed by atoms with van der Waals surface area (Å²) in [5.74, 6) is 0. The lowest BCUT2D eigenvalue weighted by molar-refractivity contribution is 0.772. The SMILES string of the molecule is N=CC1CCCN1. The maximum absolute atomic E-state index is 6.81. The van der Waals surface area contributed by atoms with Crippen LogP contribution in [0.4, 0.5) is 0 Å². The summed E-state index contributed by atoms with van der Waals surface area (Å²) in [7, 11) is 0. The summed E-state index contributed by atoms with van der Waals surface area (Å²) in [5, 5.41) is 9.98. The van der Waals surface area contributed by atoms with E-state index in [-0.39, 0.29) is 0 Å². The Morgan fingerprint density at radius 1 is 1.71 bits per heavy atom. The molecule has 0 amide bonds. The molecular formula is C5H10N2. The molecule has 1 atom stereocenters. The van der Waals surface area contributed by atoms with Crippen LogP contribution in [0.2, 0.25) is 0 Å². The standard InChI is InChI=1S/C5H10N2/c6-4-5-2-1-3-7-5/h4-7H,1-3H2. The molecule has 7 heavy (non-hydrogen) atoms. The Balaban J connectivity index is 2.26. The van der Waals surface area contributed by atoms with E-state index in [4.69, 9.17) is 5.41 Å². The first-order valence-corrected chi connectivity index (χ1v) is 2.67. The van der Waals surface area contributed by atoms with E-state index in [0.717, 1.165) is 13.0 Å². The smallest absolute Gasteiger partial charge is 0.0417 e. The van der Waals surface area contributed by atoms with Gasteiger partial charge in [0.2, 0.25) is 0 Å². The predicted molar refractivity (Wildman–Crippen MR) is 29.8 cm³/mol. The lowest BCUT2D eigenvalue weighted by Crippen LogP contribution is -2.21. The van der Waals surface area contributed by atoms with E-state index in [0.29, 0.717) is 6.04 Å². The number of nitrogens with one attached hydrogen (secondary N) is 2. The van der Waals surface area contributed by atoms with Gasteiger partial charge in [-0.15, -0.1) is 0 Å². The van der Waals surface area contributed by atoms with Crippen LogP contribution in [0.1, 0.15) is 12.8 Å². The van der Waals surface area contributed by atoms with Crippen molar-refractivity contribution in [1.29, 1.82) is 5.41 Å². The fraction of sp³-hybridized carbons (Fsp3) is 0.800. The molecule has 0 radical (unpaired) electrons. The van der Waals surface area contributed by atoms with Gasteiger partial charge in [-0.05, 0) is 19.4 Å². The Morgan fingerprint density at radius 3 is 2.86 bits per heavy atom. The minimum atomic E-state index is 0.389. The highest BCUT2D eigenvalue weighted by atomic mass is 14.9. The third-order valence-corrected chi connectivity index (χ3v) is 1.30. The van der Waals surface area contributed by atoms with Crippen LogP contribution in [-0.4, -0.2) is 18.8 Å². The highest BCUT2D eigenvalue weighted by molar-refractivity contribution is 5.60. The molecule has 0 spiro atoms. The molecule has 1 unspecified atom stereocenters. The van der Waals surface area contributed by atoms with Gasteiger partial charge in [-0.2, -0.15) is 0 Å². The molecule has 0 aromatic rings. The monoisotopic (exact) mass is 98.1 g/mol. The molecule has 1 aliphatic heterocycles. The van der Waals surface area contributed by atoms with Gasteiger partial charge in [0, 0.05) is 12.3 Å². The molecule has 1 heterocycles. The van der Waals surface area contributed by atoms with E-state index in [1.165, 1.54) is 12.6 Å². The summed E-state index contributed by atoms with van der Waals surface area (Å²) in [6, 6.07) is 0.389. The highest BCUT2D eigenvalue weighted by Crippen LogP contribution is 2.00. The first-order valence-electron chi connectivity index (χ1n) is 2.67. The number of rotatable bonds is 1. The summed E-state index contributed by atoms with van der Waals surface area (Å²) in [6.07, 6.45) is 3.87. The van der Waals surface area contributed by atoms with Crippen molar-refractivity contribution in [2.75, 3.05) is 6.54 Å². The molecule has 2 nitrogen and oxygen atoms in total. The normalized spacial score (nSPS) is 30.6. The van der Waals surface area contributed by atoms with Gasteiger partial charge in [0.1, 0.15) is 0 Å². The van der Waals surface area contributed by atoms with Crippen molar-refractivity contribution < 1.29 is 0 Å². The van der Waals surface area contributed by atoms with Crippen LogP contribution < -0.4 is 5.32 Å². The second kappa shape index (κ2) is 2.07. The molecular weight excluding hydrogens is 88.1 g/mol. The summed E-state index contributed by atoms with van der Waals surface area (Å²) in [5.41, 5.74) is 0. The fourth-order valence-corrected chi connectivity index (χ4v) is 0.854. The molecule has 40 valence electrons. The first kappa shape index (κ1) is 4.78. The van der Waals surface area contributed by atoms with Crippen LogP contribution in [0, 0.1) is 5.41 Å². The zero-order valence-electron chi connectivity index (χ0n) is 4.28. The molecule has 0 bridgehead atoms. The molecule has 2 heteroatoms. The lowest BCUT2D eigenvalue weighted by atomic mass is 10.2. The Kier molecular flexibility index (Phi) is 1.42. The molecule has 1 rings (SSSR count). The number of hydrogen-bond donors (Lipinski definition) is 2. The van der Waals surface area contributed by atoms with Crippen molar-refractivity contribution in [1.82, 2.24) is 5.32 Å². The summed E-state index contributed by atoms with van der Waals surface area (Å²) in [4.78, 5) is 0. The largest absolute Gasteiger partial charge is 0.311 e. The van der Waals surface area contributed by atoms with E-state index in [9.17, 15) is 0 Å². The van der Waals surface area contributed by atoms with Crippen molar-refractivity contribution in [3.8, 4) is 0 Å². The second-order valence-corrected chi connectivity index (χ2v) is 1.87.